The van der Waals surface area contributed by atoms with Crippen molar-refractivity contribution in [1.29, 1.82) is 0 Å². The standard InChI is InChI=1S/C12H13N3S/c1-9-8-16-15-12(13-9)7-11(14-15)10-5-3-2-4-6-10/h2-7,9,13H,8H2,1H3. The molecule has 82 valence electrons. The number of benzene rings is 1. The van der Waals surface area contributed by atoms with E-state index in [2.05, 4.69) is 35.5 Å². The van der Waals surface area contributed by atoms with E-state index in [1.165, 1.54) is 5.56 Å². The first-order chi connectivity index (χ1) is 7.83. The molecule has 3 rings (SSSR count). The average molecular weight is 231 g/mol. The van der Waals surface area contributed by atoms with Crippen molar-refractivity contribution in [2.24, 2.45) is 0 Å². The third kappa shape index (κ3) is 1.69. The van der Waals surface area contributed by atoms with Gasteiger partial charge in [0.1, 0.15) is 5.82 Å². The van der Waals surface area contributed by atoms with Crippen molar-refractivity contribution >= 4 is 17.8 Å². The minimum Gasteiger partial charge on any atom is -0.366 e. The Kier molecular flexibility index (Phi) is 2.36. The van der Waals surface area contributed by atoms with Crippen molar-refractivity contribution < 1.29 is 0 Å². The smallest absolute Gasteiger partial charge is 0.137 e. The zero-order valence-corrected chi connectivity index (χ0v) is 9.87. The predicted molar refractivity (Wildman–Crippen MR) is 68.6 cm³/mol. The minimum atomic E-state index is 0.512. The van der Waals surface area contributed by atoms with E-state index in [-0.39, 0.29) is 0 Å². The third-order valence-electron chi connectivity index (χ3n) is 2.59. The number of aromatic nitrogens is 2. The van der Waals surface area contributed by atoms with Crippen LogP contribution in [0.4, 0.5) is 5.82 Å². The summed E-state index contributed by atoms with van der Waals surface area (Å²) < 4.78 is 1.97. The van der Waals surface area contributed by atoms with Gasteiger partial charge in [-0.1, -0.05) is 30.3 Å². The molecule has 0 fully saturated rings. The lowest BCUT2D eigenvalue weighted by Crippen LogP contribution is -2.24. The molecule has 2 aromatic rings. The monoisotopic (exact) mass is 231 g/mol. The van der Waals surface area contributed by atoms with Crippen LogP contribution in [0.1, 0.15) is 6.92 Å². The first kappa shape index (κ1) is 9.78. The number of anilines is 1. The van der Waals surface area contributed by atoms with Gasteiger partial charge in [-0.15, -0.1) is 0 Å². The summed E-state index contributed by atoms with van der Waals surface area (Å²) >= 11 is 1.76. The molecule has 0 amide bonds. The molecule has 0 saturated carbocycles. The summed E-state index contributed by atoms with van der Waals surface area (Å²) in [6.45, 7) is 2.19. The number of fused-ring (bicyclic) bond motifs is 1. The summed E-state index contributed by atoms with van der Waals surface area (Å²) in [4.78, 5) is 0. The van der Waals surface area contributed by atoms with Crippen LogP contribution in [-0.2, 0) is 0 Å². The molecule has 0 radical (unpaired) electrons. The summed E-state index contributed by atoms with van der Waals surface area (Å²) in [5.74, 6) is 2.16. The van der Waals surface area contributed by atoms with Gasteiger partial charge >= 0.3 is 0 Å². The Morgan fingerprint density at radius 2 is 2.19 bits per heavy atom. The molecule has 3 nitrogen and oxygen atoms in total. The summed E-state index contributed by atoms with van der Waals surface area (Å²) in [7, 11) is 0. The number of rotatable bonds is 1. The zero-order chi connectivity index (χ0) is 11.0. The van der Waals surface area contributed by atoms with E-state index in [0.29, 0.717) is 6.04 Å². The van der Waals surface area contributed by atoms with E-state index in [1.54, 1.807) is 11.9 Å². The largest absolute Gasteiger partial charge is 0.366 e. The molecule has 2 heterocycles. The second-order valence-electron chi connectivity index (χ2n) is 3.99. The van der Waals surface area contributed by atoms with Gasteiger partial charge in [0.05, 0.1) is 5.69 Å². The van der Waals surface area contributed by atoms with Gasteiger partial charge in [0, 0.05) is 23.4 Å². The van der Waals surface area contributed by atoms with E-state index in [1.807, 2.05) is 22.3 Å². The lowest BCUT2D eigenvalue weighted by molar-refractivity contribution is 0.852. The second-order valence-corrected chi connectivity index (χ2v) is 4.93. The molecule has 1 atom stereocenters. The topological polar surface area (TPSA) is 29.9 Å². The van der Waals surface area contributed by atoms with Crippen LogP contribution in [0.3, 0.4) is 0 Å². The fraction of sp³-hybridized carbons (Fsp3) is 0.250. The Morgan fingerprint density at radius 3 is 3.00 bits per heavy atom. The van der Waals surface area contributed by atoms with Crippen LogP contribution in [0.2, 0.25) is 0 Å². The highest BCUT2D eigenvalue weighted by molar-refractivity contribution is 7.97. The van der Waals surface area contributed by atoms with Gasteiger partial charge < -0.3 is 5.32 Å². The number of hydrogen-bond donors (Lipinski definition) is 1. The number of hydrogen-bond acceptors (Lipinski definition) is 3. The molecule has 0 spiro atoms. The molecular weight excluding hydrogens is 218 g/mol. The van der Waals surface area contributed by atoms with E-state index in [4.69, 9.17) is 0 Å². The van der Waals surface area contributed by atoms with E-state index < -0.39 is 0 Å². The van der Waals surface area contributed by atoms with Crippen LogP contribution in [0, 0.1) is 0 Å². The molecule has 1 unspecified atom stereocenters. The molecule has 0 saturated heterocycles. The summed E-state index contributed by atoms with van der Waals surface area (Å²) in [5.41, 5.74) is 2.20. The quantitative estimate of drug-likeness (QED) is 0.818. The van der Waals surface area contributed by atoms with Gasteiger partial charge in [0.15, 0.2) is 0 Å². The molecule has 1 N–H and O–H groups in total. The Bertz CT molecular complexity index is 492. The normalized spacial score (nSPS) is 18.9. The van der Waals surface area contributed by atoms with Crippen molar-refractivity contribution in [3.8, 4) is 11.3 Å². The van der Waals surface area contributed by atoms with Crippen molar-refractivity contribution in [1.82, 2.24) is 9.19 Å². The van der Waals surface area contributed by atoms with Crippen molar-refractivity contribution in [2.45, 2.75) is 13.0 Å². The van der Waals surface area contributed by atoms with E-state index in [9.17, 15) is 0 Å². The van der Waals surface area contributed by atoms with Crippen molar-refractivity contribution in [3.63, 3.8) is 0 Å². The highest BCUT2D eigenvalue weighted by Gasteiger charge is 2.17. The lowest BCUT2D eigenvalue weighted by Gasteiger charge is -2.20. The maximum atomic E-state index is 4.57. The minimum absolute atomic E-state index is 0.512. The summed E-state index contributed by atoms with van der Waals surface area (Å²) in [6, 6.07) is 12.9. The summed E-state index contributed by atoms with van der Waals surface area (Å²) in [6.07, 6.45) is 0. The number of nitrogens with one attached hydrogen (secondary N) is 1. The molecule has 1 aromatic carbocycles. The molecule has 4 heteroatoms. The predicted octanol–water partition coefficient (Wildman–Crippen LogP) is 2.86. The second kappa shape index (κ2) is 3.87. The lowest BCUT2D eigenvalue weighted by atomic mass is 10.1. The molecule has 1 aliphatic rings. The third-order valence-corrected chi connectivity index (χ3v) is 3.76. The Balaban J connectivity index is 1.99. The first-order valence-electron chi connectivity index (χ1n) is 5.38. The van der Waals surface area contributed by atoms with E-state index >= 15 is 0 Å². The SMILES string of the molecule is CC1CSn2nc(-c3ccccc3)cc2N1. The molecule has 1 aromatic heterocycles. The van der Waals surface area contributed by atoms with Gasteiger partial charge in [0.25, 0.3) is 0 Å². The van der Waals surface area contributed by atoms with Gasteiger partial charge in [0.2, 0.25) is 0 Å². The molecule has 1 aliphatic heterocycles. The maximum Gasteiger partial charge on any atom is 0.137 e. The van der Waals surface area contributed by atoms with Gasteiger partial charge in [-0.3, -0.25) is 0 Å². The van der Waals surface area contributed by atoms with Crippen LogP contribution in [0.15, 0.2) is 36.4 Å². The van der Waals surface area contributed by atoms with Crippen molar-refractivity contribution in [2.75, 3.05) is 11.1 Å². The molecular formula is C12H13N3S. The zero-order valence-electron chi connectivity index (χ0n) is 9.05. The highest BCUT2D eigenvalue weighted by atomic mass is 32.2. The Hall–Kier alpha value is -1.42. The van der Waals surface area contributed by atoms with E-state index in [0.717, 1.165) is 17.3 Å². The summed E-state index contributed by atoms with van der Waals surface area (Å²) in [5, 5.41) is 8.00. The number of nitrogens with zero attached hydrogens (tertiary/aromatic N) is 2. The maximum absolute atomic E-state index is 4.57. The van der Waals surface area contributed by atoms with Crippen LogP contribution in [0.25, 0.3) is 11.3 Å². The van der Waals surface area contributed by atoms with Crippen LogP contribution >= 0.6 is 11.9 Å². The van der Waals surface area contributed by atoms with Crippen LogP contribution < -0.4 is 5.32 Å². The fourth-order valence-electron chi connectivity index (χ4n) is 1.79. The van der Waals surface area contributed by atoms with Crippen LogP contribution in [0.5, 0.6) is 0 Å². The van der Waals surface area contributed by atoms with Crippen LogP contribution in [-0.4, -0.2) is 21.0 Å². The molecule has 16 heavy (non-hydrogen) atoms. The van der Waals surface area contributed by atoms with Gasteiger partial charge in [-0.05, 0) is 18.9 Å². The van der Waals surface area contributed by atoms with Gasteiger partial charge in [-0.25, -0.2) is 0 Å². The highest BCUT2D eigenvalue weighted by Crippen LogP contribution is 2.28. The Labute approximate surface area is 99.0 Å². The average Bonchev–Trinajstić information content (AvgIpc) is 2.73. The molecule has 0 aliphatic carbocycles. The van der Waals surface area contributed by atoms with Gasteiger partial charge in [-0.2, -0.15) is 9.19 Å². The first-order valence-corrected chi connectivity index (χ1v) is 6.32. The fourth-order valence-corrected chi connectivity index (χ4v) is 2.63. The Morgan fingerprint density at radius 1 is 1.38 bits per heavy atom. The van der Waals surface area contributed by atoms with Crippen molar-refractivity contribution in [3.05, 3.63) is 36.4 Å². The molecule has 0 bridgehead atoms.